The Hall–Kier alpha value is -1.83. The van der Waals surface area contributed by atoms with Gasteiger partial charge in [-0.3, -0.25) is 4.79 Å². The number of aryl methyl sites for hydroxylation is 1. The van der Waals surface area contributed by atoms with E-state index >= 15 is 0 Å². The van der Waals surface area contributed by atoms with Gasteiger partial charge in [-0.2, -0.15) is 4.31 Å². The number of sulfonamides is 1. The standard InChI is InChI=1S/C23H28N2O3S2/c1-29-19-9-11-20(12-10-19)30(27,28)25-15-13-18(14-16-25)23(26)24-22-8-4-6-17-5-2-3-7-21(17)22/h2-3,5,7,9-12,18,22H,4,6,8,13-16H2,1H3,(H,24,26)/t22-/m0/s1. The van der Waals surface area contributed by atoms with Crippen LogP contribution in [-0.4, -0.2) is 38.0 Å². The first-order valence-electron chi connectivity index (χ1n) is 10.5. The van der Waals surface area contributed by atoms with Gasteiger partial charge in [-0.25, -0.2) is 8.42 Å². The number of piperidine rings is 1. The minimum Gasteiger partial charge on any atom is -0.349 e. The van der Waals surface area contributed by atoms with Gasteiger partial charge in [-0.15, -0.1) is 11.8 Å². The minimum absolute atomic E-state index is 0.0538. The summed E-state index contributed by atoms with van der Waals surface area (Å²) in [6, 6.07) is 15.4. The van der Waals surface area contributed by atoms with Gasteiger partial charge in [0.05, 0.1) is 10.9 Å². The van der Waals surface area contributed by atoms with Crippen LogP contribution in [0.3, 0.4) is 0 Å². The Morgan fingerprint density at radius 2 is 1.73 bits per heavy atom. The van der Waals surface area contributed by atoms with Gasteiger partial charge in [-0.05, 0) is 73.8 Å². The van der Waals surface area contributed by atoms with Crippen LogP contribution in [0.2, 0.25) is 0 Å². The molecule has 1 aliphatic heterocycles. The molecule has 2 aliphatic rings. The Morgan fingerprint density at radius 1 is 1.03 bits per heavy atom. The number of carbonyl (C=O) groups excluding carboxylic acids is 1. The summed E-state index contributed by atoms with van der Waals surface area (Å²) in [4.78, 5) is 14.2. The van der Waals surface area contributed by atoms with E-state index in [1.807, 2.05) is 30.5 Å². The van der Waals surface area contributed by atoms with Crippen LogP contribution in [0.15, 0.2) is 58.3 Å². The molecule has 0 bridgehead atoms. The number of carbonyl (C=O) groups is 1. The van der Waals surface area contributed by atoms with Crippen LogP contribution in [0.4, 0.5) is 0 Å². The average molecular weight is 445 g/mol. The van der Waals surface area contributed by atoms with Crippen molar-refractivity contribution in [2.24, 2.45) is 5.92 Å². The number of thioether (sulfide) groups is 1. The normalized spacial score (nSPS) is 20.5. The maximum atomic E-state index is 12.9. The third-order valence-corrected chi connectivity index (χ3v) is 8.86. The molecule has 0 saturated carbocycles. The minimum atomic E-state index is -3.51. The fraction of sp³-hybridized carbons (Fsp3) is 0.435. The summed E-state index contributed by atoms with van der Waals surface area (Å²) >= 11 is 1.58. The van der Waals surface area contributed by atoms with E-state index in [2.05, 4.69) is 17.4 Å². The molecular formula is C23H28N2O3S2. The Labute approximate surface area is 183 Å². The summed E-state index contributed by atoms with van der Waals surface area (Å²) in [5.74, 6) is -0.0810. The van der Waals surface area contributed by atoms with E-state index in [1.54, 1.807) is 23.9 Å². The van der Waals surface area contributed by atoms with E-state index in [9.17, 15) is 13.2 Å². The van der Waals surface area contributed by atoms with Crippen molar-refractivity contribution < 1.29 is 13.2 Å². The van der Waals surface area contributed by atoms with Gasteiger partial charge in [0.15, 0.2) is 0 Å². The molecule has 160 valence electrons. The molecule has 1 heterocycles. The van der Waals surface area contributed by atoms with Crippen LogP contribution in [0, 0.1) is 5.92 Å². The van der Waals surface area contributed by atoms with Gasteiger partial charge in [0.2, 0.25) is 15.9 Å². The second kappa shape index (κ2) is 9.12. The van der Waals surface area contributed by atoms with Crippen molar-refractivity contribution in [3.8, 4) is 0 Å². The lowest BCUT2D eigenvalue weighted by atomic mass is 9.87. The Bertz CT molecular complexity index is 997. The summed E-state index contributed by atoms with van der Waals surface area (Å²) in [6.45, 7) is 0.762. The lowest BCUT2D eigenvalue weighted by Crippen LogP contribution is -2.44. The predicted octanol–water partition coefficient (Wildman–Crippen LogP) is 4.00. The molecule has 1 amide bonds. The van der Waals surface area contributed by atoms with Crippen LogP contribution in [0.25, 0.3) is 0 Å². The number of rotatable bonds is 5. The monoisotopic (exact) mass is 444 g/mol. The fourth-order valence-electron chi connectivity index (χ4n) is 4.45. The van der Waals surface area contributed by atoms with Crippen LogP contribution < -0.4 is 5.32 Å². The largest absolute Gasteiger partial charge is 0.349 e. The quantitative estimate of drug-likeness (QED) is 0.708. The zero-order chi connectivity index (χ0) is 21.1. The van der Waals surface area contributed by atoms with Gasteiger partial charge in [0.1, 0.15) is 0 Å². The molecule has 1 N–H and O–H groups in total. The lowest BCUT2D eigenvalue weighted by Gasteiger charge is -2.32. The highest BCUT2D eigenvalue weighted by Crippen LogP contribution is 2.31. The van der Waals surface area contributed by atoms with Crippen LogP contribution in [-0.2, 0) is 21.2 Å². The van der Waals surface area contributed by atoms with Gasteiger partial charge >= 0.3 is 0 Å². The molecule has 2 aromatic rings. The van der Waals surface area contributed by atoms with Crippen LogP contribution in [0.5, 0.6) is 0 Å². The van der Waals surface area contributed by atoms with Crippen molar-refractivity contribution in [2.45, 2.75) is 47.9 Å². The molecule has 1 saturated heterocycles. The van der Waals surface area contributed by atoms with Crippen molar-refractivity contribution >= 4 is 27.7 Å². The summed E-state index contributed by atoms with van der Waals surface area (Å²) in [6.07, 6.45) is 6.18. The summed E-state index contributed by atoms with van der Waals surface area (Å²) < 4.78 is 27.4. The second-order valence-corrected chi connectivity index (χ2v) is 10.8. The van der Waals surface area contributed by atoms with Crippen LogP contribution in [0.1, 0.15) is 42.9 Å². The van der Waals surface area contributed by atoms with Gasteiger partial charge < -0.3 is 5.32 Å². The molecule has 1 aliphatic carbocycles. The zero-order valence-electron chi connectivity index (χ0n) is 17.2. The van der Waals surface area contributed by atoms with E-state index in [1.165, 1.54) is 15.4 Å². The molecule has 30 heavy (non-hydrogen) atoms. The van der Waals surface area contributed by atoms with Crippen molar-refractivity contribution in [2.75, 3.05) is 19.3 Å². The van der Waals surface area contributed by atoms with E-state index in [-0.39, 0.29) is 17.9 Å². The number of fused-ring (bicyclic) bond motifs is 1. The highest BCUT2D eigenvalue weighted by atomic mass is 32.2. The zero-order valence-corrected chi connectivity index (χ0v) is 18.8. The second-order valence-electron chi connectivity index (χ2n) is 8.01. The molecule has 0 spiro atoms. The van der Waals surface area contributed by atoms with Crippen molar-refractivity contribution in [3.63, 3.8) is 0 Å². The highest BCUT2D eigenvalue weighted by molar-refractivity contribution is 7.98. The Morgan fingerprint density at radius 3 is 2.43 bits per heavy atom. The predicted molar refractivity (Wildman–Crippen MR) is 120 cm³/mol. The van der Waals surface area contributed by atoms with Gasteiger partial charge in [0.25, 0.3) is 0 Å². The third-order valence-electron chi connectivity index (χ3n) is 6.21. The number of hydrogen-bond acceptors (Lipinski definition) is 4. The molecule has 1 fully saturated rings. The first-order chi connectivity index (χ1) is 14.5. The topological polar surface area (TPSA) is 66.5 Å². The highest BCUT2D eigenvalue weighted by Gasteiger charge is 2.33. The molecular weight excluding hydrogens is 416 g/mol. The van der Waals surface area contributed by atoms with Gasteiger partial charge in [-0.1, -0.05) is 24.3 Å². The summed E-state index contributed by atoms with van der Waals surface area (Å²) in [7, 11) is -3.51. The Kier molecular flexibility index (Phi) is 6.51. The number of amides is 1. The molecule has 2 aromatic carbocycles. The molecule has 0 radical (unpaired) electrons. The van der Waals surface area contributed by atoms with E-state index < -0.39 is 10.0 Å². The van der Waals surface area contributed by atoms with Gasteiger partial charge in [0, 0.05) is 23.9 Å². The van der Waals surface area contributed by atoms with Crippen molar-refractivity contribution in [3.05, 3.63) is 59.7 Å². The summed E-state index contributed by atoms with van der Waals surface area (Å²) in [5.41, 5.74) is 2.55. The van der Waals surface area contributed by atoms with Crippen molar-refractivity contribution in [1.29, 1.82) is 0 Å². The summed E-state index contributed by atoms with van der Waals surface area (Å²) in [5, 5.41) is 3.23. The molecule has 4 rings (SSSR count). The first kappa shape index (κ1) is 21.4. The van der Waals surface area contributed by atoms with Crippen LogP contribution >= 0.6 is 11.8 Å². The SMILES string of the molecule is CSc1ccc(S(=O)(=O)N2CCC(C(=O)N[C@H]3CCCc4ccccc43)CC2)cc1. The number of nitrogens with one attached hydrogen (secondary N) is 1. The molecule has 5 nitrogen and oxygen atoms in total. The third kappa shape index (κ3) is 4.43. The molecule has 7 heteroatoms. The van der Waals surface area contributed by atoms with E-state index in [0.717, 1.165) is 24.2 Å². The number of nitrogens with zero attached hydrogens (tertiary/aromatic N) is 1. The molecule has 0 unspecified atom stereocenters. The van der Waals surface area contributed by atoms with E-state index in [0.29, 0.717) is 30.8 Å². The number of hydrogen-bond donors (Lipinski definition) is 1. The smallest absolute Gasteiger partial charge is 0.243 e. The first-order valence-corrected chi connectivity index (χ1v) is 13.2. The number of benzene rings is 2. The lowest BCUT2D eigenvalue weighted by molar-refractivity contribution is -0.127. The fourth-order valence-corrected chi connectivity index (χ4v) is 6.33. The maximum absolute atomic E-state index is 12.9. The molecule has 0 aromatic heterocycles. The van der Waals surface area contributed by atoms with Crippen molar-refractivity contribution in [1.82, 2.24) is 9.62 Å². The maximum Gasteiger partial charge on any atom is 0.243 e. The molecule has 1 atom stereocenters. The Balaban J connectivity index is 1.37. The average Bonchev–Trinajstić information content (AvgIpc) is 2.79. The van der Waals surface area contributed by atoms with E-state index in [4.69, 9.17) is 0 Å².